The van der Waals surface area contributed by atoms with E-state index in [4.69, 9.17) is 14.2 Å². The van der Waals surface area contributed by atoms with Crippen LogP contribution >= 0.6 is 0 Å². The molecule has 1 atom stereocenters. The van der Waals surface area contributed by atoms with Crippen LogP contribution < -0.4 is 5.32 Å². The quantitative estimate of drug-likeness (QED) is 0.713. The van der Waals surface area contributed by atoms with Gasteiger partial charge in [-0.1, -0.05) is 0 Å². The summed E-state index contributed by atoms with van der Waals surface area (Å²) < 4.78 is 15.2. The minimum absolute atomic E-state index is 0.0892. The molecule has 0 saturated heterocycles. The second kappa shape index (κ2) is 8.44. The molecule has 0 bridgehead atoms. The summed E-state index contributed by atoms with van der Waals surface area (Å²) in [7, 11) is 3.22. The van der Waals surface area contributed by atoms with Gasteiger partial charge in [-0.25, -0.2) is 14.8 Å². The minimum Gasteiger partial charge on any atom is -0.462 e. The monoisotopic (exact) mass is 283 g/mol. The minimum atomic E-state index is -0.411. The van der Waals surface area contributed by atoms with E-state index >= 15 is 0 Å². The second-order valence-corrected chi connectivity index (χ2v) is 4.11. The summed E-state index contributed by atoms with van der Waals surface area (Å²) in [6, 6.07) is 0. The van der Waals surface area contributed by atoms with Gasteiger partial charge in [0.05, 0.1) is 30.6 Å². The third-order valence-electron chi connectivity index (χ3n) is 2.65. The van der Waals surface area contributed by atoms with Crippen molar-refractivity contribution in [2.24, 2.45) is 0 Å². The maximum Gasteiger partial charge on any atom is 0.341 e. The molecule has 0 aromatic carbocycles. The van der Waals surface area contributed by atoms with Crippen LogP contribution in [0.5, 0.6) is 0 Å². The molecule has 1 aromatic heterocycles. The van der Waals surface area contributed by atoms with Crippen LogP contribution in [0.25, 0.3) is 0 Å². The molecular formula is C13H21N3O4. The van der Waals surface area contributed by atoms with Crippen molar-refractivity contribution in [2.75, 3.05) is 39.3 Å². The lowest BCUT2D eigenvalue weighted by Gasteiger charge is -2.15. The highest BCUT2D eigenvalue weighted by atomic mass is 16.5. The van der Waals surface area contributed by atoms with Crippen LogP contribution in [0.2, 0.25) is 0 Å². The predicted molar refractivity (Wildman–Crippen MR) is 73.9 cm³/mol. The highest BCUT2D eigenvalue weighted by Crippen LogP contribution is 2.09. The van der Waals surface area contributed by atoms with Crippen LogP contribution in [0, 0.1) is 6.92 Å². The van der Waals surface area contributed by atoms with Crippen LogP contribution in [0.15, 0.2) is 6.20 Å². The van der Waals surface area contributed by atoms with Gasteiger partial charge in [-0.05, 0) is 13.8 Å². The van der Waals surface area contributed by atoms with Crippen LogP contribution in [-0.4, -0.2) is 56.0 Å². The number of carbonyl (C=O) groups is 1. The van der Waals surface area contributed by atoms with E-state index in [1.54, 1.807) is 28.1 Å². The van der Waals surface area contributed by atoms with Gasteiger partial charge in [-0.15, -0.1) is 0 Å². The molecule has 0 radical (unpaired) electrons. The maximum atomic E-state index is 11.6. The molecule has 7 nitrogen and oxygen atoms in total. The number of anilines is 1. The Morgan fingerprint density at radius 3 is 2.75 bits per heavy atom. The van der Waals surface area contributed by atoms with Gasteiger partial charge in [-0.3, -0.25) is 0 Å². The summed E-state index contributed by atoms with van der Waals surface area (Å²) in [6.07, 6.45) is 1.37. The Morgan fingerprint density at radius 2 is 2.20 bits per heavy atom. The molecule has 20 heavy (non-hydrogen) atoms. The van der Waals surface area contributed by atoms with E-state index in [1.165, 1.54) is 6.20 Å². The largest absolute Gasteiger partial charge is 0.462 e. The van der Waals surface area contributed by atoms with Gasteiger partial charge in [0.2, 0.25) is 5.95 Å². The molecule has 0 amide bonds. The van der Waals surface area contributed by atoms with E-state index < -0.39 is 5.97 Å². The van der Waals surface area contributed by atoms with Crippen molar-refractivity contribution in [2.45, 2.75) is 20.0 Å². The number of aromatic nitrogens is 2. The highest BCUT2D eigenvalue weighted by Gasteiger charge is 2.13. The maximum absolute atomic E-state index is 11.6. The molecule has 0 aliphatic rings. The van der Waals surface area contributed by atoms with E-state index in [0.717, 1.165) is 0 Å². The lowest BCUT2D eigenvalue weighted by atomic mass is 10.2. The molecule has 0 fully saturated rings. The van der Waals surface area contributed by atoms with Crippen molar-refractivity contribution in [3.63, 3.8) is 0 Å². The summed E-state index contributed by atoms with van der Waals surface area (Å²) in [5, 5.41) is 3.04. The Hall–Kier alpha value is -1.73. The van der Waals surface area contributed by atoms with Crippen LogP contribution in [0.4, 0.5) is 5.95 Å². The van der Waals surface area contributed by atoms with Crippen molar-refractivity contribution >= 4 is 11.9 Å². The smallest absolute Gasteiger partial charge is 0.341 e. The Kier molecular flexibility index (Phi) is 6.89. The molecule has 1 unspecified atom stereocenters. The number of ether oxygens (including phenoxy) is 3. The van der Waals surface area contributed by atoms with Gasteiger partial charge < -0.3 is 19.5 Å². The van der Waals surface area contributed by atoms with Crippen LogP contribution in [0.3, 0.4) is 0 Å². The third kappa shape index (κ3) is 4.75. The molecule has 7 heteroatoms. The zero-order chi connectivity index (χ0) is 15.0. The fourth-order valence-corrected chi connectivity index (χ4v) is 1.56. The fourth-order valence-electron chi connectivity index (χ4n) is 1.56. The number of nitrogens with zero attached hydrogens (tertiary/aromatic N) is 2. The number of hydrogen-bond acceptors (Lipinski definition) is 7. The standard InChI is InChI=1S/C13H21N3O4/c1-5-20-12(17)11-7-15-13(16-9(11)2)14-6-10(19-4)8-18-3/h7,10H,5-6,8H2,1-4H3,(H,14,15,16). The Labute approximate surface area is 118 Å². The zero-order valence-corrected chi connectivity index (χ0v) is 12.3. The van der Waals surface area contributed by atoms with Crippen molar-refractivity contribution in [3.8, 4) is 0 Å². The van der Waals surface area contributed by atoms with E-state index in [9.17, 15) is 4.79 Å². The van der Waals surface area contributed by atoms with E-state index in [1.807, 2.05) is 0 Å². The molecule has 1 aromatic rings. The van der Waals surface area contributed by atoms with E-state index in [-0.39, 0.29) is 6.10 Å². The molecule has 112 valence electrons. The van der Waals surface area contributed by atoms with Crippen molar-refractivity contribution in [1.82, 2.24) is 9.97 Å². The summed E-state index contributed by atoms with van der Waals surface area (Å²) >= 11 is 0. The Bertz CT molecular complexity index is 440. The number of aryl methyl sites for hydroxylation is 1. The van der Waals surface area contributed by atoms with Crippen molar-refractivity contribution < 1.29 is 19.0 Å². The van der Waals surface area contributed by atoms with E-state index in [0.29, 0.717) is 37.0 Å². The summed E-state index contributed by atoms with van der Waals surface area (Å²) in [5.41, 5.74) is 0.944. The first kappa shape index (κ1) is 16.3. The summed E-state index contributed by atoms with van der Waals surface area (Å²) in [5.74, 6) is 0.0272. The first-order chi connectivity index (χ1) is 9.62. The summed E-state index contributed by atoms with van der Waals surface area (Å²) in [4.78, 5) is 19.9. The summed E-state index contributed by atoms with van der Waals surface area (Å²) in [6.45, 7) is 4.81. The highest BCUT2D eigenvalue weighted by molar-refractivity contribution is 5.90. The molecule has 0 aliphatic carbocycles. The molecule has 1 heterocycles. The molecule has 0 aliphatic heterocycles. The van der Waals surface area contributed by atoms with Gasteiger partial charge in [0.15, 0.2) is 0 Å². The van der Waals surface area contributed by atoms with Gasteiger partial charge >= 0.3 is 5.97 Å². The normalized spacial score (nSPS) is 12.0. The number of esters is 1. The molecule has 0 spiro atoms. The van der Waals surface area contributed by atoms with Crippen LogP contribution in [0.1, 0.15) is 23.0 Å². The number of carbonyl (C=O) groups excluding carboxylic acids is 1. The zero-order valence-electron chi connectivity index (χ0n) is 12.3. The molecule has 1 N–H and O–H groups in total. The Balaban J connectivity index is 2.65. The number of hydrogen-bond donors (Lipinski definition) is 1. The SMILES string of the molecule is CCOC(=O)c1cnc(NCC(COC)OC)nc1C. The second-order valence-electron chi connectivity index (χ2n) is 4.11. The first-order valence-corrected chi connectivity index (χ1v) is 6.38. The number of nitrogens with one attached hydrogen (secondary N) is 1. The molecule has 0 saturated carbocycles. The fraction of sp³-hybridized carbons (Fsp3) is 0.615. The van der Waals surface area contributed by atoms with Gasteiger partial charge in [-0.2, -0.15) is 0 Å². The van der Waals surface area contributed by atoms with E-state index in [2.05, 4.69) is 15.3 Å². The van der Waals surface area contributed by atoms with Crippen molar-refractivity contribution in [3.05, 3.63) is 17.5 Å². The lowest BCUT2D eigenvalue weighted by molar-refractivity contribution is 0.0364. The lowest BCUT2D eigenvalue weighted by Crippen LogP contribution is -2.27. The third-order valence-corrected chi connectivity index (χ3v) is 2.65. The molecule has 1 rings (SSSR count). The van der Waals surface area contributed by atoms with Crippen molar-refractivity contribution in [1.29, 1.82) is 0 Å². The van der Waals surface area contributed by atoms with Gasteiger partial charge in [0.1, 0.15) is 0 Å². The predicted octanol–water partition coefficient (Wildman–Crippen LogP) is 1.04. The number of rotatable bonds is 8. The Morgan fingerprint density at radius 1 is 1.45 bits per heavy atom. The average Bonchev–Trinajstić information content (AvgIpc) is 2.43. The van der Waals surface area contributed by atoms with Crippen LogP contribution in [-0.2, 0) is 14.2 Å². The number of methoxy groups -OCH3 is 2. The first-order valence-electron chi connectivity index (χ1n) is 6.38. The topological polar surface area (TPSA) is 82.6 Å². The van der Waals surface area contributed by atoms with Gasteiger partial charge in [0, 0.05) is 27.0 Å². The average molecular weight is 283 g/mol. The van der Waals surface area contributed by atoms with Gasteiger partial charge in [0.25, 0.3) is 0 Å². The molecular weight excluding hydrogens is 262 g/mol.